The molecule has 1 fully saturated rings. The fourth-order valence-corrected chi connectivity index (χ4v) is 3.48. The first-order valence-electron chi connectivity index (χ1n) is 8.78. The molecule has 6 heteroatoms. The maximum atomic E-state index is 13.4. The van der Waals surface area contributed by atoms with Crippen molar-refractivity contribution in [2.24, 2.45) is 0 Å². The first kappa shape index (κ1) is 15.4. The highest BCUT2D eigenvalue weighted by Gasteiger charge is 2.22. The molecule has 2 aromatic carbocycles. The Balaban J connectivity index is 1.72. The second-order valence-electron chi connectivity index (χ2n) is 6.55. The zero-order valence-electron chi connectivity index (χ0n) is 14.1. The molecule has 0 spiro atoms. The summed E-state index contributed by atoms with van der Waals surface area (Å²) in [5.41, 5.74) is 3.82. The maximum absolute atomic E-state index is 13.4. The molecule has 1 unspecified atom stereocenters. The van der Waals surface area contributed by atoms with E-state index in [1.807, 2.05) is 24.3 Å². The van der Waals surface area contributed by atoms with Crippen LogP contribution < -0.4 is 0 Å². The Labute approximate surface area is 149 Å². The molecule has 130 valence electrons. The Morgan fingerprint density at radius 1 is 1.00 bits per heavy atom. The molecule has 0 bridgehead atoms. The lowest BCUT2D eigenvalue weighted by Crippen LogP contribution is -2.16. The summed E-state index contributed by atoms with van der Waals surface area (Å²) >= 11 is 0. The summed E-state index contributed by atoms with van der Waals surface area (Å²) in [6.07, 6.45) is 2.22. The van der Waals surface area contributed by atoms with Gasteiger partial charge < -0.3 is 9.30 Å². The average Bonchev–Trinajstić information content (AvgIpc) is 3.29. The van der Waals surface area contributed by atoms with Crippen LogP contribution in [0.5, 0.6) is 0 Å². The number of halogens is 1. The number of hydrogen-bond acceptors (Lipinski definition) is 4. The van der Waals surface area contributed by atoms with Gasteiger partial charge in [0.2, 0.25) is 0 Å². The molecule has 4 aromatic rings. The fraction of sp³-hybridized carbons (Fsp3) is 0.250. The van der Waals surface area contributed by atoms with Crippen molar-refractivity contribution in [3.8, 4) is 11.4 Å². The Hall–Kier alpha value is -2.86. The first-order chi connectivity index (χ1) is 12.8. The van der Waals surface area contributed by atoms with Gasteiger partial charge in [0.15, 0.2) is 11.3 Å². The topological polar surface area (TPSA) is 52.8 Å². The number of nitrogens with zero attached hydrogens (tertiary/aromatic N) is 4. The first-order valence-corrected chi connectivity index (χ1v) is 8.78. The zero-order chi connectivity index (χ0) is 17.5. The number of benzene rings is 2. The van der Waals surface area contributed by atoms with Crippen LogP contribution in [0.3, 0.4) is 0 Å². The number of fused-ring (bicyclic) bond motifs is 2. The molecule has 1 aliphatic heterocycles. The molecule has 0 aliphatic carbocycles. The van der Waals surface area contributed by atoms with Gasteiger partial charge in [-0.15, -0.1) is 0 Å². The van der Waals surface area contributed by atoms with Gasteiger partial charge in [-0.05, 0) is 49.2 Å². The molecule has 26 heavy (non-hydrogen) atoms. The monoisotopic (exact) mass is 348 g/mol. The number of rotatable bonds is 3. The molecule has 3 heterocycles. The van der Waals surface area contributed by atoms with Crippen LogP contribution in [0.4, 0.5) is 4.39 Å². The molecule has 1 atom stereocenters. The Kier molecular flexibility index (Phi) is 3.64. The molecule has 0 N–H and O–H groups in total. The summed E-state index contributed by atoms with van der Waals surface area (Å²) < 4.78 is 21.2. The van der Waals surface area contributed by atoms with Crippen LogP contribution in [-0.2, 0) is 11.3 Å². The lowest BCUT2D eigenvalue weighted by Gasteiger charge is -2.13. The summed E-state index contributed by atoms with van der Waals surface area (Å²) in [5.74, 6) is 0.475. The van der Waals surface area contributed by atoms with Crippen LogP contribution in [0.25, 0.3) is 33.7 Å². The van der Waals surface area contributed by atoms with Crippen LogP contribution in [0.2, 0.25) is 0 Å². The van der Waals surface area contributed by atoms with Gasteiger partial charge in [0.25, 0.3) is 0 Å². The Morgan fingerprint density at radius 3 is 2.50 bits per heavy atom. The molecule has 0 saturated carbocycles. The normalized spacial score (nSPS) is 17.3. The van der Waals surface area contributed by atoms with Gasteiger partial charge in [-0.2, -0.15) is 0 Å². The summed E-state index contributed by atoms with van der Waals surface area (Å²) in [7, 11) is 0. The standard InChI is InChI=1S/C20H17FN4O/c21-14-9-7-13(8-10-14)19-24-18-20(25(19)12-15-4-3-11-26-15)23-17-6-2-1-5-16(17)22-18/h1-2,5-10,15H,3-4,11-12H2. The minimum absolute atomic E-state index is 0.139. The Morgan fingerprint density at radius 2 is 1.77 bits per heavy atom. The van der Waals surface area contributed by atoms with Gasteiger partial charge >= 0.3 is 0 Å². The van der Waals surface area contributed by atoms with Crippen molar-refractivity contribution in [2.45, 2.75) is 25.5 Å². The van der Waals surface area contributed by atoms with E-state index in [4.69, 9.17) is 14.7 Å². The summed E-state index contributed by atoms with van der Waals surface area (Å²) in [4.78, 5) is 14.2. The SMILES string of the molecule is Fc1ccc(-c2nc3nc4ccccc4nc3n2CC2CCCO2)cc1. The van der Waals surface area contributed by atoms with Crippen molar-refractivity contribution in [3.63, 3.8) is 0 Å². The van der Waals surface area contributed by atoms with E-state index in [1.54, 1.807) is 12.1 Å². The van der Waals surface area contributed by atoms with Crippen molar-refractivity contribution < 1.29 is 9.13 Å². The molecule has 5 nitrogen and oxygen atoms in total. The van der Waals surface area contributed by atoms with Gasteiger partial charge in [0.1, 0.15) is 11.6 Å². The van der Waals surface area contributed by atoms with E-state index >= 15 is 0 Å². The number of para-hydroxylation sites is 2. The predicted molar refractivity (Wildman–Crippen MR) is 97.2 cm³/mol. The summed E-state index contributed by atoms with van der Waals surface area (Å²) in [6.45, 7) is 1.45. The van der Waals surface area contributed by atoms with Crippen LogP contribution >= 0.6 is 0 Å². The predicted octanol–water partition coefficient (Wildman–Crippen LogP) is 3.96. The van der Waals surface area contributed by atoms with E-state index in [-0.39, 0.29) is 11.9 Å². The van der Waals surface area contributed by atoms with Crippen molar-refractivity contribution in [3.05, 3.63) is 54.3 Å². The van der Waals surface area contributed by atoms with Crippen LogP contribution in [-0.4, -0.2) is 32.2 Å². The largest absolute Gasteiger partial charge is 0.376 e. The van der Waals surface area contributed by atoms with E-state index in [0.29, 0.717) is 12.2 Å². The molecule has 0 amide bonds. The van der Waals surface area contributed by atoms with Gasteiger partial charge in [0.05, 0.1) is 23.7 Å². The second kappa shape index (κ2) is 6.14. The van der Waals surface area contributed by atoms with Crippen molar-refractivity contribution >= 4 is 22.3 Å². The summed E-state index contributed by atoms with van der Waals surface area (Å²) in [6, 6.07) is 14.1. The number of hydrogen-bond donors (Lipinski definition) is 0. The van der Waals surface area contributed by atoms with Gasteiger partial charge in [-0.25, -0.2) is 19.3 Å². The highest BCUT2D eigenvalue weighted by Crippen LogP contribution is 2.27. The van der Waals surface area contributed by atoms with Crippen LogP contribution in [0.1, 0.15) is 12.8 Å². The highest BCUT2D eigenvalue weighted by molar-refractivity contribution is 5.84. The van der Waals surface area contributed by atoms with Crippen molar-refractivity contribution in [2.75, 3.05) is 6.61 Å². The van der Waals surface area contributed by atoms with E-state index < -0.39 is 0 Å². The summed E-state index contributed by atoms with van der Waals surface area (Å²) in [5, 5.41) is 0. The minimum Gasteiger partial charge on any atom is -0.376 e. The van der Waals surface area contributed by atoms with E-state index in [9.17, 15) is 4.39 Å². The molecule has 1 aliphatic rings. The van der Waals surface area contributed by atoms with Crippen LogP contribution in [0.15, 0.2) is 48.5 Å². The van der Waals surface area contributed by atoms with E-state index in [2.05, 4.69) is 9.55 Å². The molecule has 1 saturated heterocycles. The van der Waals surface area contributed by atoms with Gasteiger partial charge in [-0.3, -0.25) is 0 Å². The van der Waals surface area contributed by atoms with E-state index in [1.165, 1.54) is 12.1 Å². The third kappa shape index (κ3) is 2.63. The van der Waals surface area contributed by atoms with Gasteiger partial charge in [0, 0.05) is 12.2 Å². The quantitative estimate of drug-likeness (QED) is 0.562. The highest BCUT2D eigenvalue weighted by atomic mass is 19.1. The Bertz CT molecular complexity index is 1080. The average molecular weight is 348 g/mol. The van der Waals surface area contributed by atoms with Crippen LogP contribution in [0, 0.1) is 5.82 Å². The zero-order valence-corrected chi connectivity index (χ0v) is 14.1. The molecule has 5 rings (SSSR count). The second-order valence-corrected chi connectivity index (χ2v) is 6.55. The van der Waals surface area contributed by atoms with E-state index in [0.717, 1.165) is 47.5 Å². The maximum Gasteiger partial charge on any atom is 0.198 e. The smallest absolute Gasteiger partial charge is 0.198 e. The molecular weight excluding hydrogens is 331 g/mol. The molecule has 2 aromatic heterocycles. The third-order valence-corrected chi connectivity index (χ3v) is 4.77. The number of aromatic nitrogens is 4. The number of imidazole rings is 1. The van der Waals surface area contributed by atoms with Gasteiger partial charge in [-0.1, -0.05) is 12.1 Å². The third-order valence-electron chi connectivity index (χ3n) is 4.77. The minimum atomic E-state index is -0.266. The lowest BCUT2D eigenvalue weighted by molar-refractivity contribution is 0.0981. The van der Waals surface area contributed by atoms with Crippen molar-refractivity contribution in [1.29, 1.82) is 0 Å². The fourth-order valence-electron chi connectivity index (χ4n) is 3.48. The lowest BCUT2D eigenvalue weighted by atomic mass is 10.2. The molecular formula is C20H17FN4O. The van der Waals surface area contributed by atoms with Crippen molar-refractivity contribution in [1.82, 2.24) is 19.5 Å². The molecule has 0 radical (unpaired) electrons. The number of ether oxygens (including phenoxy) is 1.